The summed E-state index contributed by atoms with van der Waals surface area (Å²) in [5, 5.41) is 13.4. The largest absolute Gasteiger partial charge is 0.396 e. The molecule has 9 heteroatoms. The minimum atomic E-state index is -0.232. The molecule has 0 unspecified atom stereocenters. The topological polar surface area (TPSA) is 105 Å². The van der Waals surface area contributed by atoms with Crippen LogP contribution in [0.15, 0.2) is 43.2 Å². The molecule has 1 aromatic carbocycles. The van der Waals surface area contributed by atoms with Crippen molar-refractivity contribution in [3.63, 3.8) is 0 Å². The molecule has 0 atom stereocenters. The van der Waals surface area contributed by atoms with E-state index < -0.39 is 0 Å². The van der Waals surface area contributed by atoms with Gasteiger partial charge in [-0.2, -0.15) is 4.98 Å². The van der Waals surface area contributed by atoms with Gasteiger partial charge in [0, 0.05) is 34.3 Å². The van der Waals surface area contributed by atoms with Crippen molar-refractivity contribution in [3.8, 4) is 11.4 Å². The highest BCUT2D eigenvalue weighted by Crippen LogP contribution is 2.23. The lowest BCUT2D eigenvalue weighted by molar-refractivity contribution is 0.298. The van der Waals surface area contributed by atoms with Crippen LogP contribution in [0.2, 0.25) is 0 Å². The van der Waals surface area contributed by atoms with Crippen LogP contribution in [0, 0.1) is 6.92 Å². The molecular weight excluding hydrogens is 408 g/mol. The number of hydrogen-bond donors (Lipinski definition) is 2. The average Bonchev–Trinajstić information content (AvgIpc) is 3.05. The zero-order chi connectivity index (χ0) is 17.8. The highest BCUT2D eigenvalue weighted by Gasteiger charge is 2.12. The van der Waals surface area contributed by atoms with Crippen molar-refractivity contribution in [3.05, 3.63) is 56.2 Å². The summed E-state index contributed by atoms with van der Waals surface area (Å²) in [6.07, 6.45) is 0.290. The maximum Gasteiger partial charge on any atom is 0.255 e. The number of H-pyrrole nitrogens is 1. The second kappa shape index (κ2) is 7.94. The predicted molar refractivity (Wildman–Crippen MR) is 97.4 cm³/mol. The van der Waals surface area contributed by atoms with Crippen LogP contribution in [-0.4, -0.2) is 31.8 Å². The molecule has 0 aliphatic carbocycles. The molecule has 0 spiro atoms. The van der Waals surface area contributed by atoms with Gasteiger partial charge in [0.15, 0.2) is 5.16 Å². The van der Waals surface area contributed by atoms with Crippen molar-refractivity contribution in [2.75, 3.05) is 6.61 Å². The van der Waals surface area contributed by atoms with E-state index in [1.165, 1.54) is 11.8 Å². The molecular formula is C16H15BrN4O3S. The SMILES string of the molecule is Cc1nc(SCc2nc(-c3cccc(Br)c3)no2)[nH]c(=O)c1CCO. The number of thioether (sulfide) groups is 1. The standard InChI is InChI=1S/C16H15BrN4O3S/c1-9-12(5-6-22)15(23)20-16(18-9)25-8-13-19-14(21-24-13)10-3-2-4-11(17)7-10/h2-4,7,22H,5-6,8H2,1H3,(H,18,20,23). The smallest absolute Gasteiger partial charge is 0.255 e. The first kappa shape index (κ1) is 17.8. The summed E-state index contributed by atoms with van der Waals surface area (Å²) in [4.78, 5) is 23.4. The van der Waals surface area contributed by atoms with Gasteiger partial charge in [0.1, 0.15) is 0 Å². The zero-order valence-electron chi connectivity index (χ0n) is 13.3. The maximum atomic E-state index is 12.0. The molecule has 0 bridgehead atoms. The van der Waals surface area contributed by atoms with Crippen molar-refractivity contribution in [2.24, 2.45) is 0 Å². The van der Waals surface area contributed by atoms with Gasteiger partial charge in [-0.1, -0.05) is 45.0 Å². The van der Waals surface area contributed by atoms with Crippen LogP contribution < -0.4 is 5.56 Å². The van der Waals surface area contributed by atoms with Crippen molar-refractivity contribution in [1.29, 1.82) is 0 Å². The van der Waals surface area contributed by atoms with Crippen molar-refractivity contribution < 1.29 is 9.63 Å². The van der Waals surface area contributed by atoms with Gasteiger partial charge in [0.05, 0.1) is 5.75 Å². The van der Waals surface area contributed by atoms with Gasteiger partial charge in [0.2, 0.25) is 11.7 Å². The van der Waals surface area contributed by atoms with E-state index in [2.05, 4.69) is 36.0 Å². The Labute approximate surface area is 156 Å². The number of hydrogen-bond acceptors (Lipinski definition) is 7. The summed E-state index contributed by atoms with van der Waals surface area (Å²) in [5.41, 5.74) is 1.73. The van der Waals surface area contributed by atoms with E-state index in [1.807, 2.05) is 24.3 Å². The van der Waals surface area contributed by atoms with Gasteiger partial charge in [-0.15, -0.1) is 0 Å². The van der Waals surface area contributed by atoms with E-state index in [-0.39, 0.29) is 12.2 Å². The van der Waals surface area contributed by atoms with Crippen molar-refractivity contribution in [2.45, 2.75) is 24.3 Å². The van der Waals surface area contributed by atoms with E-state index in [4.69, 9.17) is 9.63 Å². The van der Waals surface area contributed by atoms with Gasteiger partial charge >= 0.3 is 0 Å². The Morgan fingerprint density at radius 2 is 2.20 bits per heavy atom. The minimum Gasteiger partial charge on any atom is -0.396 e. The Bertz CT molecular complexity index is 941. The van der Waals surface area contributed by atoms with Gasteiger partial charge in [-0.3, -0.25) is 4.79 Å². The number of aryl methyl sites for hydroxylation is 1. The second-order valence-electron chi connectivity index (χ2n) is 5.22. The summed E-state index contributed by atoms with van der Waals surface area (Å²) in [7, 11) is 0. The molecule has 2 aromatic heterocycles. The fourth-order valence-corrected chi connectivity index (χ4v) is 3.39. The number of nitrogens with one attached hydrogen (secondary N) is 1. The molecule has 2 N–H and O–H groups in total. The fourth-order valence-electron chi connectivity index (χ4n) is 2.25. The molecule has 0 radical (unpaired) electrons. The lowest BCUT2D eigenvalue weighted by Gasteiger charge is -2.04. The lowest BCUT2D eigenvalue weighted by atomic mass is 10.2. The van der Waals surface area contributed by atoms with E-state index in [9.17, 15) is 4.79 Å². The van der Waals surface area contributed by atoms with Crippen molar-refractivity contribution in [1.82, 2.24) is 20.1 Å². The van der Waals surface area contributed by atoms with Gasteiger partial charge < -0.3 is 14.6 Å². The third-order valence-electron chi connectivity index (χ3n) is 3.45. The quantitative estimate of drug-likeness (QED) is 0.464. The lowest BCUT2D eigenvalue weighted by Crippen LogP contribution is -2.18. The van der Waals surface area contributed by atoms with E-state index in [0.29, 0.717) is 40.3 Å². The third-order valence-corrected chi connectivity index (χ3v) is 4.80. The van der Waals surface area contributed by atoms with E-state index in [0.717, 1.165) is 10.0 Å². The summed E-state index contributed by atoms with van der Waals surface area (Å²) < 4.78 is 6.19. The van der Waals surface area contributed by atoms with Crippen LogP contribution in [0.1, 0.15) is 17.1 Å². The normalized spacial score (nSPS) is 11.0. The minimum absolute atomic E-state index is 0.0849. The van der Waals surface area contributed by atoms with E-state index >= 15 is 0 Å². The number of aromatic amines is 1. The Hall–Kier alpha value is -1.97. The van der Waals surface area contributed by atoms with Gasteiger partial charge in [0.25, 0.3) is 5.56 Å². The number of aliphatic hydroxyl groups excluding tert-OH is 1. The Balaban J connectivity index is 1.71. The Morgan fingerprint density at radius 3 is 2.92 bits per heavy atom. The van der Waals surface area contributed by atoms with Crippen molar-refractivity contribution >= 4 is 27.7 Å². The number of benzene rings is 1. The highest BCUT2D eigenvalue weighted by atomic mass is 79.9. The van der Waals surface area contributed by atoms with Crippen LogP contribution in [0.3, 0.4) is 0 Å². The summed E-state index contributed by atoms with van der Waals surface area (Å²) in [6, 6.07) is 7.62. The van der Waals surface area contributed by atoms with Crippen LogP contribution >= 0.6 is 27.7 Å². The molecule has 3 rings (SSSR count). The number of nitrogens with zero attached hydrogens (tertiary/aromatic N) is 3. The Morgan fingerprint density at radius 1 is 1.36 bits per heavy atom. The maximum absolute atomic E-state index is 12.0. The molecule has 0 fully saturated rings. The highest BCUT2D eigenvalue weighted by molar-refractivity contribution is 9.10. The van der Waals surface area contributed by atoms with Gasteiger partial charge in [-0.05, 0) is 19.1 Å². The molecule has 2 heterocycles. The average molecular weight is 423 g/mol. The number of halogens is 1. The summed E-state index contributed by atoms with van der Waals surface area (Å²) in [6.45, 7) is 1.67. The number of aliphatic hydroxyl groups is 1. The Kier molecular flexibility index (Phi) is 5.67. The zero-order valence-corrected chi connectivity index (χ0v) is 15.7. The fraction of sp³-hybridized carbons (Fsp3) is 0.250. The third kappa shape index (κ3) is 4.36. The molecule has 0 aliphatic heterocycles. The molecule has 130 valence electrons. The van der Waals surface area contributed by atoms with Gasteiger partial charge in [-0.25, -0.2) is 4.98 Å². The van der Waals surface area contributed by atoms with E-state index in [1.54, 1.807) is 6.92 Å². The van der Waals surface area contributed by atoms with Crippen LogP contribution in [0.5, 0.6) is 0 Å². The predicted octanol–water partition coefficient (Wildman–Crippen LogP) is 2.72. The molecule has 0 saturated carbocycles. The first-order valence-corrected chi connectivity index (χ1v) is 9.26. The molecule has 0 amide bonds. The molecule has 0 aliphatic rings. The first-order valence-electron chi connectivity index (χ1n) is 7.49. The first-order chi connectivity index (χ1) is 12.1. The molecule has 3 aromatic rings. The van der Waals surface area contributed by atoms with Crippen LogP contribution in [-0.2, 0) is 12.2 Å². The van der Waals surface area contributed by atoms with Crippen LogP contribution in [0.4, 0.5) is 0 Å². The number of aromatic nitrogens is 4. The molecule has 0 saturated heterocycles. The number of rotatable bonds is 6. The molecule has 7 nitrogen and oxygen atoms in total. The summed E-state index contributed by atoms with van der Waals surface area (Å²) in [5.74, 6) is 1.34. The molecule has 25 heavy (non-hydrogen) atoms. The monoisotopic (exact) mass is 422 g/mol. The second-order valence-corrected chi connectivity index (χ2v) is 7.10. The summed E-state index contributed by atoms with van der Waals surface area (Å²) >= 11 is 4.72. The van der Waals surface area contributed by atoms with Crippen LogP contribution in [0.25, 0.3) is 11.4 Å².